The van der Waals surface area contributed by atoms with E-state index in [0.29, 0.717) is 49.1 Å². The first-order valence-corrected chi connectivity index (χ1v) is 8.38. The molecule has 0 radical (unpaired) electrons. The molecular weight excluding hydrogens is 349 g/mol. The Morgan fingerprint density at radius 1 is 1.27 bits per heavy atom. The van der Waals surface area contributed by atoms with E-state index < -0.39 is 17.6 Å². The first-order valence-electron chi connectivity index (χ1n) is 8.38. The number of halogens is 3. The normalized spacial score (nSPS) is 16.7. The van der Waals surface area contributed by atoms with Crippen molar-refractivity contribution in [2.24, 2.45) is 5.92 Å². The quantitative estimate of drug-likeness (QED) is 0.642. The standard InChI is InChI=1S/C17H19F3N4O2/c18-17(19,20)11-23-8-5-12(6-9-23)10-22-15-4-3-14-13(2-1-7-21-14)16(15)24(25)26/h1-4,7,12,22H,5-6,8-11H2. The van der Waals surface area contributed by atoms with Crippen molar-refractivity contribution < 1.29 is 18.1 Å². The number of fused-ring (bicyclic) bond motifs is 1. The van der Waals surface area contributed by atoms with Gasteiger partial charge < -0.3 is 5.32 Å². The Hall–Kier alpha value is -2.42. The van der Waals surface area contributed by atoms with E-state index >= 15 is 0 Å². The summed E-state index contributed by atoms with van der Waals surface area (Å²) in [6.45, 7) is 0.383. The molecule has 0 bridgehead atoms. The highest BCUT2D eigenvalue weighted by Gasteiger charge is 2.32. The molecule has 0 amide bonds. The van der Waals surface area contributed by atoms with Crippen LogP contribution in [0.25, 0.3) is 10.9 Å². The van der Waals surface area contributed by atoms with Crippen LogP contribution in [0, 0.1) is 16.0 Å². The molecule has 1 aromatic carbocycles. The predicted octanol–water partition coefficient (Wildman–Crippen LogP) is 3.83. The van der Waals surface area contributed by atoms with Gasteiger partial charge in [0.1, 0.15) is 5.69 Å². The number of nitrogens with zero attached hydrogens (tertiary/aromatic N) is 3. The maximum absolute atomic E-state index is 12.4. The average molecular weight is 368 g/mol. The van der Waals surface area contributed by atoms with Gasteiger partial charge in [-0.3, -0.25) is 20.0 Å². The first kappa shape index (κ1) is 18.4. The summed E-state index contributed by atoms with van der Waals surface area (Å²) in [6, 6.07) is 6.65. The molecule has 9 heteroatoms. The van der Waals surface area contributed by atoms with Gasteiger partial charge in [0.2, 0.25) is 0 Å². The van der Waals surface area contributed by atoms with E-state index in [1.807, 2.05) is 0 Å². The van der Waals surface area contributed by atoms with Crippen molar-refractivity contribution in [3.8, 4) is 0 Å². The largest absolute Gasteiger partial charge is 0.401 e. The molecule has 1 N–H and O–H groups in total. The van der Waals surface area contributed by atoms with Gasteiger partial charge in [-0.25, -0.2) is 0 Å². The number of benzene rings is 1. The molecule has 0 saturated carbocycles. The third-order valence-electron chi connectivity index (χ3n) is 4.63. The van der Waals surface area contributed by atoms with E-state index in [-0.39, 0.29) is 11.6 Å². The highest BCUT2D eigenvalue weighted by atomic mass is 19.4. The fraction of sp³-hybridized carbons (Fsp3) is 0.471. The van der Waals surface area contributed by atoms with Crippen molar-refractivity contribution >= 4 is 22.3 Å². The summed E-state index contributed by atoms with van der Waals surface area (Å²) < 4.78 is 37.3. The minimum atomic E-state index is -4.18. The Morgan fingerprint density at radius 3 is 2.65 bits per heavy atom. The minimum Gasteiger partial charge on any atom is -0.379 e. The van der Waals surface area contributed by atoms with Crippen LogP contribution in [0.4, 0.5) is 24.5 Å². The zero-order valence-electron chi connectivity index (χ0n) is 14.0. The summed E-state index contributed by atoms with van der Waals surface area (Å²) in [5.41, 5.74) is 0.934. The van der Waals surface area contributed by atoms with Crippen LogP contribution in [0.5, 0.6) is 0 Å². The monoisotopic (exact) mass is 368 g/mol. The maximum atomic E-state index is 12.4. The lowest BCUT2D eigenvalue weighted by molar-refractivity contribution is -0.382. The number of piperidine rings is 1. The van der Waals surface area contributed by atoms with Crippen LogP contribution >= 0.6 is 0 Å². The van der Waals surface area contributed by atoms with Crippen molar-refractivity contribution in [2.45, 2.75) is 19.0 Å². The van der Waals surface area contributed by atoms with Gasteiger partial charge in [-0.2, -0.15) is 13.2 Å². The summed E-state index contributed by atoms with van der Waals surface area (Å²) in [5, 5.41) is 15.1. The maximum Gasteiger partial charge on any atom is 0.401 e. The minimum absolute atomic E-state index is 0.0230. The summed E-state index contributed by atoms with van der Waals surface area (Å²) in [7, 11) is 0. The summed E-state index contributed by atoms with van der Waals surface area (Å²) in [5.74, 6) is 0.184. The number of hydrogen-bond donors (Lipinski definition) is 1. The molecule has 3 rings (SSSR count). The fourth-order valence-electron chi connectivity index (χ4n) is 3.33. The van der Waals surface area contributed by atoms with Crippen molar-refractivity contribution in [1.82, 2.24) is 9.88 Å². The summed E-state index contributed by atoms with van der Waals surface area (Å²) in [6.07, 6.45) is -1.34. The second-order valence-electron chi connectivity index (χ2n) is 6.50. The van der Waals surface area contributed by atoms with E-state index in [0.717, 1.165) is 0 Å². The van der Waals surface area contributed by atoms with Gasteiger partial charge in [-0.1, -0.05) is 0 Å². The Bertz CT molecular complexity index is 789. The number of pyridine rings is 1. The number of likely N-dealkylation sites (tertiary alicyclic amines) is 1. The number of nitro groups is 1. The van der Waals surface area contributed by atoms with Gasteiger partial charge in [-0.05, 0) is 56.1 Å². The van der Waals surface area contributed by atoms with Crippen molar-refractivity contribution in [2.75, 3.05) is 31.5 Å². The molecule has 2 aromatic rings. The zero-order chi connectivity index (χ0) is 18.7. The molecule has 0 atom stereocenters. The van der Waals surface area contributed by atoms with Crippen LogP contribution in [0.3, 0.4) is 0 Å². The van der Waals surface area contributed by atoms with Crippen LogP contribution in [0.2, 0.25) is 0 Å². The van der Waals surface area contributed by atoms with E-state index in [9.17, 15) is 23.3 Å². The number of hydrogen-bond acceptors (Lipinski definition) is 5. The second kappa shape index (κ2) is 7.45. The van der Waals surface area contributed by atoms with E-state index in [2.05, 4.69) is 10.3 Å². The van der Waals surface area contributed by atoms with Crippen LogP contribution in [0.15, 0.2) is 30.5 Å². The molecule has 1 aliphatic rings. The molecule has 0 spiro atoms. The zero-order valence-corrected chi connectivity index (χ0v) is 14.0. The van der Waals surface area contributed by atoms with Crippen LogP contribution in [-0.2, 0) is 0 Å². The van der Waals surface area contributed by atoms with Crippen LogP contribution in [0.1, 0.15) is 12.8 Å². The lowest BCUT2D eigenvalue weighted by Crippen LogP contribution is -2.41. The highest BCUT2D eigenvalue weighted by Crippen LogP contribution is 2.33. The number of nitro benzene ring substituents is 1. The Kier molecular flexibility index (Phi) is 5.26. The molecule has 140 valence electrons. The number of anilines is 1. The molecule has 1 fully saturated rings. The van der Waals surface area contributed by atoms with Gasteiger partial charge in [0.25, 0.3) is 0 Å². The van der Waals surface area contributed by atoms with E-state index in [4.69, 9.17) is 0 Å². The SMILES string of the molecule is O=[N+]([O-])c1c(NCC2CCN(CC(F)(F)F)CC2)ccc2ncccc12. The summed E-state index contributed by atoms with van der Waals surface area (Å²) in [4.78, 5) is 16.6. The van der Waals surface area contributed by atoms with Gasteiger partial charge in [-0.15, -0.1) is 0 Å². The van der Waals surface area contributed by atoms with Crippen molar-refractivity contribution in [1.29, 1.82) is 0 Å². The molecule has 1 saturated heterocycles. The molecule has 2 heterocycles. The number of rotatable bonds is 5. The van der Waals surface area contributed by atoms with Gasteiger partial charge >= 0.3 is 11.9 Å². The predicted molar refractivity (Wildman–Crippen MR) is 92.1 cm³/mol. The second-order valence-corrected chi connectivity index (χ2v) is 6.50. The molecule has 26 heavy (non-hydrogen) atoms. The molecular formula is C17H19F3N4O2. The highest BCUT2D eigenvalue weighted by molar-refractivity contribution is 5.94. The third-order valence-corrected chi connectivity index (χ3v) is 4.63. The lowest BCUT2D eigenvalue weighted by atomic mass is 9.96. The van der Waals surface area contributed by atoms with Crippen molar-refractivity contribution in [3.63, 3.8) is 0 Å². The Labute approximate surface area is 148 Å². The van der Waals surface area contributed by atoms with E-state index in [1.165, 1.54) is 4.90 Å². The van der Waals surface area contributed by atoms with E-state index in [1.54, 1.807) is 30.5 Å². The topological polar surface area (TPSA) is 71.3 Å². The van der Waals surface area contributed by atoms with Crippen LogP contribution in [-0.4, -0.2) is 47.2 Å². The molecule has 6 nitrogen and oxygen atoms in total. The number of aromatic nitrogens is 1. The van der Waals surface area contributed by atoms with Gasteiger partial charge in [0.15, 0.2) is 0 Å². The Morgan fingerprint density at radius 2 is 2.00 bits per heavy atom. The first-order chi connectivity index (χ1) is 12.3. The lowest BCUT2D eigenvalue weighted by Gasteiger charge is -2.32. The number of nitrogens with one attached hydrogen (secondary N) is 1. The fourth-order valence-corrected chi connectivity index (χ4v) is 3.33. The molecule has 0 aliphatic carbocycles. The van der Waals surface area contributed by atoms with Crippen LogP contribution < -0.4 is 5.32 Å². The smallest absolute Gasteiger partial charge is 0.379 e. The number of alkyl halides is 3. The van der Waals surface area contributed by atoms with Gasteiger partial charge in [0, 0.05) is 12.7 Å². The molecule has 0 unspecified atom stereocenters. The van der Waals surface area contributed by atoms with Crippen molar-refractivity contribution in [3.05, 3.63) is 40.6 Å². The molecule has 1 aliphatic heterocycles. The Balaban J connectivity index is 1.64. The summed E-state index contributed by atoms with van der Waals surface area (Å²) >= 11 is 0. The third kappa shape index (κ3) is 4.40. The van der Waals surface area contributed by atoms with Gasteiger partial charge in [0.05, 0.1) is 22.4 Å². The average Bonchev–Trinajstić information content (AvgIpc) is 2.59. The molecule has 1 aromatic heterocycles.